The van der Waals surface area contributed by atoms with Crippen molar-refractivity contribution < 1.29 is 22.7 Å². The van der Waals surface area contributed by atoms with Gasteiger partial charge in [-0.1, -0.05) is 18.2 Å². The summed E-state index contributed by atoms with van der Waals surface area (Å²) < 4.78 is 41.3. The molecule has 3 heterocycles. The van der Waals surface area contributed by atoms with Gasteiger partial charge in [0.15, 0.2) is 0 Å². The molecule has 0 saturated heterocycles. The van der Waals surface area contributed by atoms with Gasteiger partial charge in [-0.05, 0) is 48.4 Å². The third-order valence-electron chi connectivity index (χ3n) is 5.77. The first-order valence-electron chi connectivity index (χ1n) is 10.4. The Morgan fingerprint density at radius 1 is 1.09 bits per heavy atom. The number of para-hydroxylation sites is 1. The summed E-state index contributed by atoms with van der Waals surface area (Å²) in [6.45, 7) is 0.260. The van der Waals surface area contributed by atoms with E-state index in [9.17, 15) is 17.6 Å². The molecule has 0 amide bonds. The summed E-state index contributed by atoms with van der Waals surface area (Å²) in [6, 6.07) is 14.3. The van der Waals surface area contributed by atoms with E-state index in [1.807, 2.05) is 30.3 Å². The van der Waals surface area contributed by atoms with Gasteiger partial charge in [0.25, 0.3) is 0 Å². The number of benzene rings is 2. The van der Waals surface area contributed by atoms with Gasteiger partial charge in [0, 0.05) is 30.2 Å². The number of nitrogens with one attached hydrogen (secondary N) is 1. The third kappa shape index (κ3) is 3.97. The molecular weight excluding hydrogens is 459 g/mol. The van der Waals surface area contributed by atoms with Crippen LogP contribution in [0.25, 0.3) is 10.9 Å². The van der Waals surface area contributed by atoms with Crippen molar-refractivity contribution in [2.24, 2.45) is 0 Å². The van der Waals surface area contributed by atoms with Crippen molar-refractivity contribution in [3.05, 3.63) is 89.5 Å². The lowest BCUT2D eigenvalue weighted by atomic mass is 10.0. The molecule has 1 aliphatic rings. The molecule has 0 fully saturated rings. The average molecular weight is 479 g/mol. The standard InChI is InChI=1S/C24H19FN4O4S/c25-21-6-5-18(12-20(21)24(30)31)34(32,33)29-10-8-19-16(14-29)7-9-26-23(19)28-17-11-15-3-1-2-4-22(15)27-13-17/h1-7,9,11-13H,8,10,14H2,(H,26,28)(H,30,31). The first-order chi connectivity index (χ1) is 16.3. The van der Waals surface area contributed by atoms with Gasteiger partial charge in [-0.25, -0.2) is 22.6 Å². The summed E-state index contributed by atoms with van der Waals surface area (Å²) in [7, 11) is -4.02. The number of carboxylic acid groups (broad SMARTS) is 1. The minimum absolute atomic E-state index is 0.0879. The molecule has 0 radical (unpaired) electrons. The molecule has 4 aromatic rings. The Bertz CT molecular complexity index is 1540. The average Bonchev–Trinajstić information content (AvgIpc) is 2.84. The van der Waals surface area contributed by atoms with Crippen molar-refractivity contribution in [2.75, 3.05) is 11.9 Å². The molecule has 2 aromatic carbocycles. The van der Waals surface area contributed by atoms with Crippen molar-refractivity contribution in [2.45, 2.75) is 17.9 Å². The Morgan fingerprint density at radius 3 is 2.74 bits per heavy atom. The maximum atomic E-state index is 13.7. The largest absolute Gasteiger partial charge is 0.478 e. The number of pyridine rings is 2. The van der Waals surface area contributed by atoms with Crippen LogP contribution in [-0.2, 0) is 23.0 Å². The number of fused-ring (bicyclic) bond motifs is 2. The van der Waals surface area contributed by atoms with E-state index >= 15 is 0 Å². The molecule has 0 bridgehead atoms. The zero-order valence-corrected chi connectivity index (χ0v) is 18.6. The highest BCUT2D eigenvalue weighted by molar-refractivity contribution is 7.89. The van der Waals surface area contributed by atoms with E-state index in [0.29, 0.717) is 12.2 Å². The van der Waals surface area contributed by atoms with Crippen LogP contribution in [0.5, 0.6) is 0 Å². The molecule has 2 N–H and O–H groups in total. The summed E-state index contributed by atoms with van der Waals surface area (Å²) in [5, 5.41) is 13.4. The van der Waals surface area contributed by atoms with Crippen LogP contribution >= 0.6 is 0 Å². The number of nitrogens with zero attached hydrogens (tertiary/aromatic N) is 3. The molecule has 8 nitrogen and oxygen atoms in total. The first kappa shape index (κ1) is 21.9. The SMILES string of the molecule is O=C(O)c1cc(S(=O)(=O)N2CCc3c(ccnc3Nc3cnc4ccccc4c3)C2)ccc1F. The Kier molecular flexibility index (Phi) is 5.46. The smallest absolute Gasteiger partial charge is 0.338 e. The van der Waals surface area contributed by atoms with Gasteiger partial charge in [0.2, 0.25) is 10.0 Å². The molecule has 5 rings (SSSR count). The number of carboxylic acids is 1. The summed E-state index contributed by atoms with van der Waals surface area (Å²) in [5.41, 5.74) is 2.64. The fourth-order valence-electron chi connectivity index (χ4n) is 4.03. The minimum Gasteiger partial charge on any atom is -0.478 e. The van der Waals surface area contributed by atoms with E-state index in [4.69, 9.17) is 5.11 Å². The van der Waals surface area contributed by atoms with Crippen molar-refractivity contribution in [3.8, 4) is 0 Å². The molecule has 0 saturated carbocycles. The van der Waals surface area contributed by atoms with Gasteiger partial charge in [-0.3, -0.25) is 4.98 Å². The van der Waals surface area contributed by atoms with Crippen LogP contribution in [0.4, 0.5) is 15.9 Å². The molecule has 172 valence electrons. The van der Waals surface area contributed by atoms with Crippen molar-refractivity contribution >= 4 is 38.4 Å². The second-order valence-electron chi connectivity index (χ2n) is 7.87. The summed E-state index contributed by atoms with van der Waals surface area (Å²) >= 11 is 0. The van der Waals surface area contributed by atoms with Crippen LogP contribution in [0, 0.1) is 5.82 Å². The van der Waals surface area contributed by atoms with E-state index in [1.54, 1.807) is 18.5 Å². The van der Waals surface area contributed by atoms with Crippen LogP contribution < -0.4 is 5.32 Å². The lowest BCUT2D eigenvalue weighted by Gasteiger charge is -2.29. The Morgan fingerprint density at radius 2 is 1.91 bits per heavy atom. The highest BCUT2D eigenvalue weighted by atomic mass is 32.2. The number of aromatic nitrogens is 2. The van der Waals surface area contributed by atoms with Crippen molar-refractivity contribution in [3.63, 3.8) is 0 Å². The van der Waals surface area contributed by atoms with E-state index in [0.717, 1.165) is 45.9 Å². The van der Waals surface area contributed by atoms with Crippen LogP contribution in [0.1, 0.15) is 21.5 Å². The van der Waals surface area contributed by atoms with Crippen LogP contribution in [0.2, 0.25) is 0 Å². The number of sulfonamides is 1. The topological polar surface area (TPSA) is 112 Å². The van der Waals surface area contributed by atoms with E-state index in [1.165, 1.54) is 4.31 Å². The number of halogens is 1. The molecule has 0 atom stereocenters. The van der Waals surface area contributed by atoms with E-state index < -0.39 is 27.4 Å². The number of rotatable bonds is 5. The second kappa shape index (κ2) is 8.47. The zero-order chi connectivity index (χ0) is 23.9. The van der Waals surface area contributed by atoms with Gasteiger partial charge in [-0.15, -0.1) is 0 Å². The summed E-state index contributed by atoms with van der Waals surface area (Å²) in [4.78, 5) is 19.9. The molecule has 10 heteroatoms. The quantitative estimate of drug-likeness (QED) is 0.446. The third-order valence-corrected chi connectivity index (χ3v) is 7.61. The number of anilines is 2. The van der Waals surface area contributed by atoms with Gasteiger partial charge >= 0.3 is 5.97 Å². The number of hydrogen-bond donors (Lipinski definition) is 2. The second-order valence-corrected chi connectivity index (χ2v) is 9.81. The Hall–Kier alpha value is -3.89. The molecule has 0 unspecified atom stereocenters. The van der Waals surface area contributed by atoms with Crippen molar-refractivity contribution in [1.82, 2.24) is 14.3 Å². The van der Waals surface area contributed by atoms with Gasteiger partial charge < -0.3 is 10.4 Å². The Labute approximate surface area is 194 Å². The highest BCUT2D eigenvalue weighted by Crippen LogP contribution is 2.30. The molecule has 2 aromatic heterocycles. The summed E-state index contributed by atoms with van der Waals surface area (Å²) in [5.74, 6) is -1.88. The highest BCUT2D eigenvalue weighted by Gasteiger charge is 2.30. The lowest BCUT2D eigenvalue weighted by Crippen LogP contribution is -2.36. The zero-order valence-electron chi connectivity index (χ0n) is 17.8. The lowest BCUT2D eigenvalue weighted by molar-refractivity contribution is 0.0691. The van der Waals surface area contributed by atoms with E-state index in [-0.39, 0.29) is 18.0 Å². The Balaban J connectivity index is 1.42. The minimum atomic E-state index is -4.02. The van der Waals surface area contributed by atoms with Crippen molar-refractivity contribution in [1.29, 1.82) is 0 Å². The van der Waals surface area contributed by atoms with E-state index in [2.05, 4.69) is 15.3 Å². The molecule has 34 heavy (non-hydrogen) atoms. The monoisotopic (exact) mass is 478 g/mol. The first-order valence-corrected chi connectivity index (χ1v) is 11.9. The van der Waals surface area contributed by atoms with Gasteiger partial charge in [-0.2, -0.15) is 4.31 Å². The van der Waals surface area contributed by atoms with Gasteiger partial charge in [0.05, 0.1) is 27.9 Å². The normalized spacial score (nSPS) is 14.0. The number of hydrogen-bond acceptors (Lipinski definition) is 6. The van der Waals surface area contributed by atoms with Crippen LogP contribution in [0.3, 0.4) is 0 Å². The maximum Gasteiger partial charge on any atom is 0.338 e. The van der Waals surface area contributed by atoms with Crippen LogP contribution in [0.15, 0.2) is 71.9 Å². The fraction of sp³-hybridized carbons (Fsp3) is 0.125. The maximum absolute atomic E-state index is 13.7. The fourth-order valence-corrected chi connectivity index (χ4v) is 5.48. The molecule has 1 aliphatic heterocycles. The van der Waals surface area contributed by atoms with Gasteiger partial charge in [0.1, 0.15) is 11.6 Å². The molecule has 0 aliphatic carbocycles. The number of carbonyl (C=O) groups is 1. The predicted molar refractivity (Wildman–Crippen MR) is 124 cm³/mol. The predicted octanol–water partition coefficient (Wildman–Crippen LogP) is 3.96. The summed E-state index contributed by atoms with van der Waals surface area (Å²) in [6.07, 6.45) is 3.72. The molecule has 0 spiro atoms. The molecular formula is C24H19FN4O4S. The number of aromatic carboxylic acids is 1. The van der Waals surface area contributed by atoms with Crippen LogP contribution in [-0.4, -0.2) is 40.3 Å².